The van der Waals surface area contributed by atoms with Gasteiger partial charge in [-0.1, -0.05) is 25.5 Å². The van der Waals surface area contributed by atoms with Gasteiger partial charge in [-0.15, -0.1) is 0 Å². The van der Waals surface area contributed by atoms with Crippen LogP contribution in [0.25, 0.3) is 0 Å². The van der Waals surface area contributed by atoms with E-state index in [1.165, 1.54) is 9.13 Å². The lowest BCUT2D eigenvalue weighted by Gasteiger charge is -2.18. The Morgan fingerprint density at radius 3 is 2.29 bits per heavy atom. The maximum absolute atomic E-state index is 5.92. The van der Waals surface area contributed by atoms with Gasteiger partial charge in [-0.05, 0) is 59.5 Å². The summed E-state index contributed by atoms with van der Waals surface area (Å²) in [6.07, 6.45) is 2.26. The number of nitrogens with two attached hydrogens (primary N) is 1. The first-order valence-corrected chi connectivity index (χ1v) is 6.21. The number of halogens is 1. The average Bonchev–Trinajstić information content (AvgIpc) is 2.16. The van der Waals surface area contributed by atoms with E-state index in [0.717, 1.165) is 12.8 Å². The third-order valence-electron chi connectivity index (χ3n) is 2.68. The third kappa shape index (κ3) is 3.58. The van der Waals surface area contributed by atoms with Crippen molar-refractivity contribution in [2.45, 2.75) is 32.7 Å². The molecule has 1 aromatic rings. The zero-order chi connectivity index (χ0) is 10.6. The van der Waals surface area contributed by atoms with Crippen LogP contribution in [0.1, 0.15) is 25.8 Å². The minimum atomic E-state index is 0.291. The van der Waals surface area contributed by atoms with E-state index in [1.807, 2.05) is 0 Å². The monoisotopic (exact) mass is 303 g/mol. The SMILES string of the molecule is CCC(Cc1ccc(I)cc1)C(C)N. The largest absolute Gasteiger partial charge is 0.328 e. The molecule has 2 heteroatoms. The molecule has 1 aromatic carbocycles. The van der Waals surface area contributed by atoms with Gasteiger partial charge in [-0.25, -0.2) is 0 Å². The van der Waals surface area contributed by atoms with Crippen molar-refractivity contribution < 1.29 is 0 Å². The molecule has 0 bridgehead atoms. The molecule has 2 N–H and O–H groups in total. The summed E-state index contributed by atoms with van der Waals surface area (Å²) in [5.74, 6) is 0.607. The maximum atomic E-state index is 5.92. The lowest BCUT2D eigenvalue weighted by atomic mass is 9.91. The fourth-order valence-electron chi connectivity index (χ4n) is 1.63. The van der Waals surface area contributed by atoms with Gasteiger partial charge in [0.15, 0.2) is 0 Å². The molecule has 14 heavy (non-hydrogen) atoms. The molecule has 0 saturated carbocycles. The van der Waals surface area contributed by atoms with Gasteiger partial charge < -0.3 is 5.73 Å². The van der Waals surface area contributed by atoms with Crippen molar-refractivity contribution >= 4 is 22.6 Å². The van der Waals surface area contributed by atoms with Crippen molar-refractivity contribution in [1.29, 1.82) is 0 Å². The summed E-state index contributed by atoms with van der Waals surface area (Å²) in [5.41, 5.74) is 7.32. The highest BCUT2D eigenvalue weighted by molar-refractivity contribution is 14.1. The number of benzene rings is 1. The van der Waals surface area contributed by atoms with Crippen LogP contribution in [-0.2, 0) is 6.42 Å². The smallest absolute Gasteiger partial charge is 0.0130 e. The highest BCUT2D eigenvalue weighted by Gasteiger charge is 2.11. The summed E-state index contributed by atoms with van der Waals surface area (Å²) >= 11 is 2.33. The molecule has 0 radical (unpaired) electrons. The van der Waals surface area contributed by atoms with Gasteiger partial charge in [-0.2, -0.15) is 0 Å². The van der Waals surface area contributed by atoms with Crippen LogP contribution in [0.2, 0.25) is 0 Å². The van der Waals surface area contributed by atoms with Crippen LogP contribution in [-0.4, -0.2) is 6.04 Å². The molecule has 1 nitrogen and oxygen atoms in total. The van der Waals surface area contributed by atoms with Crippen LogP contribution in [0.15, 0.2) is 24.3 Å². The molecule has 0 aliphatic heterocycles. The standard InChI is InChI=1S/C12H18IN/c1-3-11(9(2)14)8-10-4-6-12(13)7-5-10/h4-7,9,11H,3,8,14H2,1-2H3. The van der Waals surface area contributed by atoms with Crippen LogP contribution in [0.4, 0.5) is 0 Å². The second-order valence-electron chi connectivity index (χ2n) is 3.86. The topological polar surface area (TPSA) is 26.0 Å². The normalized spacial score (nSPS) is 15.1. The first-order chi connectivity index (χ1) is 6.63. The molecule has 2 unspecified atom stereocenters. The number of hydrogen-bond donors (Lipinski definition) is 1. The third-order valence-corrected chi connectivity index (χ3v) is 3.40. The fraction of sp³-hybridized carbons (Fsp3) is 0.500. The minimum Gasteiger partial charge on any atom is -0.328 e. The minimum absolute atomic E-state index is 0.291. The lowest BCUT2D eigenvalue weighted by molar-refractivity contribution is 0.427. The predicted octanol–water partition coefficient (Wildman–Crippen LogP) is 3.21. The van der Waals surface area contributed by atoms with E-state index in [1.54, 1.807) is 0 Å². The second-order valence-corrected chi connectivity index (χ2v) is 5.10. The molecule has 0 saturated heterocycles. The Morgan fingerprint density at radius 1 is 1.29 bits per heavy atom. The van der Waals surface area contributed by atoms with Crippen molar-refractivity contribution in [2.24, 2.45) is 11.7 Å². The first kappa shape index (κ1) is 12.0. The lowest BCUT2D eigenvalue weighted by Crippen LogP contribution is -2.27. The molecule has 78 valence electrons. The number of hydrogen-bond acceptors (Lipinski definition) is 1. The average molecular weight is 303 g/mol. The van der Waals surface area contributed by atoms with Gasteiger partial charge in [0.2, 0.25) is 0 Å². The van der Waals surface area contributed by atoms with Crippen LogP contribution in [0.5, 0.6) is 0 Å². The van der Waals surface area contributed by atoms with E-state index < -0.39 is 0 Å². The molecule has 0 aromatic heterocycles. The zero-order valence-corrected chi connectivity index (χ0v) is 11.0. The summed E-state index contributed by atoms with van der Waals surface area (Å²) in [7, 11) is 0. The second kappa shape index (κ2) is 5.71. The van der Waals surface area contributed by atoms with Crippen molar-refractivity contribution in [1.82, 2.24) is 0 Å². The van der Waals surface area contributed by atoms with Crippen molar-refractivity contribution in [2.75, 3.05) is 0 Å². The summed E-state index contributed by atoms with van der Waals surface area (Å²) in [5, 5.41) is 0. The van der Waals surface area contributed by atoms with E-state index in [2.05, 4.69) is 60.7 Å². The Hall–Kier alpha value is -0.0900. The van der Waals surface area contributed by atoms with Crippen LogP contribution in [0.3, 0.4) is 0 Å². The van der Waals surface area contributed by atoms with Crippen molar-refractivity contribution in [3.05, 3.63) is 33.4 Å². The van der Waals surface area contributed by atoms with E-state index in [9.17, 15) is 0 Å². The zero-order valence-electron chi connectivity index (χ0n) is 8.83. The Kier molecular flexibility index (Phi) is 4.89. The molecule has 0 fully saturated rings. The molecule has 0 amide bonds. The Balaban J connectivity index is 2.63. The van der Waals surface area contributed by atoms with Gasteiger partial charge in [0.1, 0.15) is 0 Å². The Labute approximate surface area is 100 Å². The van der Waals surface area contributed by atoms with Crippen LogP contribution in [0, 0.1) is 9.49 Å². The van der Waals surface area contributed by atoms with Gasteiger partial charge in [0, 0.05) is 9.61 Å². The van der Waals surface area contributed by atoms with Gasteiger partial charge in [-0.3, -0.25) is 0 Å². The molecule has 1 rings (SSSR count). The van der Waals surface area contributed by atoms with Crippen LogP contribution >= 0.6 is 22.6 Å². The highest BCUT2D eigenvalue weighted by Crippen LogP contribution is 2.16. The fourth-order valence-corrected chi connectivity index (χ4v) is 1.98. The molecular weight excluding hydrogens is 285 g/mol. The molecule has 0 spiro atoms. The molecule has 0 aliphatic carbocycles. The molecular formula is C12H18IN. The van der Waals surface area contributed by atoms with Gasteiger partial charge in [0.25, 0.3) is 0 Å². The highest BCUT2D eigenvalue weighted by atomic mass is 127. The molecule has 0 heterocycles. The van der Waals surface area contributed by atoms with Crippen LogP contribution < -0.4 is 5.73 Å². The maximum Gasteiger partial charge on any atom is 0.0130 e. The predicted molar refractivity (Wildman–Crippen MR) is 70.3 cm³/mol. The van der Waals surface area contributed by atoms with E-state index >= 15 is 0 Å². The molecule has 2 atom stereocenters. The summed E-state index contributed by atoms with van der Waals surface area (Å²) < 4.78 is 1.29. The number of rotatable bonds is 4. The summed E-state index contributed by atoms with van der Waals surface area (Å²) in [6, 6.07) is 9.01. The van der Waals surface area contributed by atoms with Gasteiger partial charge in [0.05, 0.1) is 0 Å². The van der Waals surface area contributed by atoms with E-state index in [0.29, 0.717) is 12.0 Å². The van der Waals surface area contributed by atoms with Crippen molar-refractivity contribution in [3.8, 4) is 0 Å². The quantitative estimate of drug-likeness (QED) is 0.849. The Bertz CT molecular complexity index is 266. The van der Waals surface area contributed by atoms with Crippen molar-refractivity contribution in [3.63, 3.8) is 0 Å². The van der Waals surface area contributed by atoms with Gasteiger partial charge >= 0.3 is 0 Å². The Morgan fingerprint density at radius 2 is 1.86 bits per heavy atom. The van der Waals surface area contributed by atoms with E-state index in [-0.39, 0.29) is 0 Å². The van der Waals surface area contributed by atoms with E-state index in [4.69, 9.17) is 5.73 Å². The molecule has 0 aliphatic rings. The first-order valence-electron chi connectivity index (χ1n) is 5.13. The summed E-state index contributed by atoms with van der Waals surface area (Å²) in [6.45, 7) is 4.31. The summed E-state index contributed by atoms with van der Waals surface area (Å²) in [4.78, 5) is 0.